The van der Waals surface area contributed by atoms with Crippen LogP contribution in [0.1, 0.15) is 33.4 Å². The number of benzene rings is 1. The molecule has 2 amide bonds. The van der Waals surface area contributed by atoms with E-state index in [4.69, 9.17) is 0 Å². The maximum absolute atomic E-state index is 13.5. The summed E-state index contributed by atoms with van der Waals surface area (Å²) in [5, 5.41) is 8.06. The van der Waals surface area contributed by atoms with Crippen molar-refractivity contribution in [2.45, 2.75) is 12.5 Å². The number of amides is 2. The predicted octanol–water partition coefficient (Wildman–Crippen LogP) is 3.68. The first kappa shape index (κ1) is 20.0. The van der Waals surface area contributed by atoms with Crippen LogP contribution in [0, 0.1) is 5.82 Å². The van der Waals surface area contributed by atoms with Gasteiger partial charge in [0, 0.05) is 38.0 Å². The molecule has 0 radical (unpaired) electrons. The van der Waals surface area contributed by atoms with Crippen LogP contribution >= 0.6 is 11.3 Å². The van der Waals surface area contributed by atoms with Gasteiger partial charge in [-0.15, -0.1) is 11.3 Å². The topological polar surface area (TPSA) is 57.9 Å². The Morgan fingerprint density at radius 3 is 2.73 bits per heavy atom. The zero-order valence-corrected chi connectivity index (χ0v) is 17.5. The van der Waals surface area contributed by atoms with Gasteiger partial charge in [-0.3, -0.25) is 9.59 Å². The zero-order valence-electron chi connectivity index (χ0n) is 16.7. The molecule has 1 aromatic carbocycles. The number of carbonyl (C=O) groups is 2. The van der Waals surface area contributed by atoms with E-state index in [0.29, 0.717) is 6.42 Å². The van der Waals surface area contributed by atoms with Crippen molar-refractivity contribution < 1.29 is 14.0 Å². The Morgan fingerprint density at radius 1 is 1.23 bits per heavy atom. The number of likely N-dealkylation sites (N-methyl/N-ethyl adjacent to an activating group) is 1. The molecule has 1 atom stereocenters. The van der Waals surface area contributed by atoms with Crippen molar-refractivity contribution in [3.8, 4) is 0 Å². The second-order valence-corrected chi connectivity index (χ2v) is 8.15. The quantitative estimate of drug-likeness (QED) is 0.627. The molecule has 0 spiro atoms. The van der Waals surface area contributed by atoms with Crippen LogP contribution in [0.3, 0.4) is 0 Å². The lowest BCUT2D eigenvalue weighted by atomic mass is 10.1. The molecule has 0 fully saturated rings. The first-order chi connectivity index (χ1) is 14.4. The maximum atomic E-state index is 13.5. The van der Waals surface area contributed by atoms with Gasteiger partial charge in [0.05, 0.1) is 10.6 Å². The van der Waals surface area contributed by atoms with E-state index in [0.717, 1.165) is 16.3 Å². The van der Waals surface area contributed by atoms with Gasteiger partial charge in [0.2, 0.25) is 0 Å². The van der Waals surface area contributed by atoms with Crippen molar-refractivity contribution in [1.29, 1.82) is 0 Å². The van der Waals surface area contributed by atoms with Crippen LogP contribution in [0.2, 0.25) is 0 Å². The molecule has 0 saturated carbocycles. The largest absolute Gasteiger partial charge is 0.353 e. The molecule has 1 unspecified atom stereocenters. The highest BCUT2D eigenvalue weighted by Gasteiger charge is 2.35. The van der Waals surface area contributed by atoms with Crippen LogP contribution in [-0.2, 0) is 11.8 Å². The summed E-state index contributed by atoms with van der Waals surface area (Å²) in [7, 11) is 3.46. The van der Waals surface area contributed by atoms with E-state index >= 15 is 0 Å². The number of hydrogen-bond donors (Lipinski definition) is 0. The van der Waals surface area contributed by atoms with Crippen molar-refractivity contribution in [2.24, 2.45) is 12.1 Å². The van der Waals surface area contributed by atoms with Crippen LogP contribution in [0.5, 0.6) is 0 Å². The van der Waals surface area contributed by atoms with Gasteiger partial charge in [-0.2, -0.15) is 5.10 Å². The molecular weight excluding hydrogens is 403 g/mol. The summed E-state index contributed by atoms with van der Waals surface area (Å²) in [5.41, 5.74) is 2.02. The maximum Gasteiger partial charge on any atom is 0.262 e. The van der Waals surface area contributed by atoms with Gasteiger partial charge < -0.3 is 9.47 Å². The highest BCUT2D eigenvalue weighted by molar-refractivity contribution is 7.12. The highest BCUT2D eigenvalue weighted by atomic mass is 32.1. The third-order valence-electron chi connectivity index (χ3n) is 5.09. The number of nitrogens with zero attached hydrogens (tertiary/aromatic N) is 4. The fourth-order valence-corrected chi connectivity index (χ4v) is 4.29. The summed E-state index contributed by atoms with van der Waals surface area (Å²) >= 11 is 1.58. The van der Waals surface area contributed by atoms with Gasteiger partial charge >= 0.3 is 0 Å². The summed E-state index contributed by atoms with van der Waals surface area (Å²) < 4.78 is 15.4. The van der Waals surface area contributed by atoms with Crippen molar-refractivity contribution in [1.82, 2.24) is 14.5 Å². The minimum absolute atomic E-state index is 0.155. The fraction of sp³-hybridized carbons (Fsp3) is 0.227. The van der Waals surface area contributed by atoms with E-state index in [1.807, 2.05) is 47.5 Å². The fourth-order valence-electron chi connectivity index (χ4n) is 3.57. The molecule has 6 nitrogen and oxygen atoms in total. The smallest absolute Gasteiger partial charge is 0.262 e. The molecule has 0 saturated heterocycles. The van der Waals surface area contributed by atoms with Crippen molar-refractivity contribution in [2.75, 3.05) is 13.6 Å². The minimum Gasteiger partial charge on any atom is -0.353 e. The molecule has 30 heavy (non-hydrogen) atoms. The van der Waals surface area contributed by atoms with E-state index in [1.54, 1.807) is 11.3 Å². The van der Waals surface area contributed by atoms with Gasteiger partial charge in [0.15, 0.2) is 0 Å². The predicted molar refractivity (Wildman–Crippen MR) is 114 cm³/mol. The molecule has 4 rings (SSSR count). The van der Waals surface area contributed by atoms with Gasteiger partial charge in [-0.1, -0.05) is 12.1 Å². The number of rotatable bonds is 5. The third-order valence-corrected chi connectivity index (χ3v) is 6.01. The number of thiophene rings is 1. The van der Waals surface area contributed by atoms with Crippen LogP contribution < -0.4 is 0 Å². The van der Waals surface area contributed by atoms with Crippen molar-refractivity contribution in [3.63, 3.8) is 0 Å². The van der Waals surface area contributed by atoms with Gasteiger partial charge in [-0.05, 0) is 41.8 Å². The summed E-state index contributed by atoms with van der Waals surface area (Å²) in [6.45, 7) is -0.155. The Balaban J connectivity index is 1.56. The van der Waals surface area contributed by atoms with E-state index in [1.165, 1.54) is 41.2 Å². The molecule has 0 bridgehead atoms. The van der Waals surface area contributed by atoms with Crippen molar-refractivity contribution >= 4 is 28.9 Å². The Morgan fingerprint density at radius 2 is 2.07 bits per heavy atom. The molecule has 8 heteroatoms. The summed E-state index contributed by atoms with van der Waals surface area (Å²) in [5.74, 6) is -1.20. The molecule has 0 N–H and O–H groups in total. The first-order valence-electron chi connectivity index (χ1n) is 9.49. The lowest BCUT2D eigenvalue weighted by Gasteiger charge is -2.25. The lowest BCUT2D eigenvalue weighted by molar-refractivity contribution is -0.133. The van der Waals surface area contributed by atoms with Crippen LogP contribution in [0.15, 0.2) is 65.2 Å². The van der Waals surface area contributed by atoms with Crippen LogP contribution in [0.4, 0.5) is 4.39 Å². The summed E-state index contributed by atoms with van der Waals surface area (Å²) in [6.07, 6.45) is 2.53. The zero-order chi connectivity index (χ0) is 21.3. The number of halogens is 1. The SMILES string of the molecule is CN(CC(=O)N1N=C(c2cccs2)CC1c1cccn1C)C(=O)c1cccc(F)c1. The van der Waals surface area contributed by atoms with Crippen LogP contribution in [-0.4, -0.2) is 45.6 Å². The molecule has 154 valence electrons. The molecule has 3 aromatic rings. The van der Waals surface area contributed by atoms with Gasteiger partial charge in [0.1, 0.15) is 18.4 Å². The molecule has 2 aromatic heterocycles. The Kier molecular flexibility index (Phi) is 5.50. The van der Waals surface area contributed by atoms with Crippen molar-refractivity contribution in [3.05, 3.63) is 82.1 Å². The standard InChI is InChI=1S/C22H21FN4O2S/c1-25-10-4-8-18(25)19-13-17(20-9-5-11-30-20)24-27(19)21(28)14-26(2)22(29)15-6-3-7-16(23)12-15/h3-12,19H,13-14H2,1-2H3. The van der Waals surface area contributed by atoms with E-state index in [9.17, 15) is 14.0 Å². The summed E-state index contributed by atoms with van der Waals surface area (Å²) in [6, 6.07) is 13.0. The minimum atomic E-state index is -0.492. The second kappa shape index (κ2) is 8.23. The summed E-state index contributed by atoms with van der Waals surface area (Å²) in [4.78, 5) is 28.1. The lowest BCUT2D eigenvalue weighted by Crippen LogP contribution is -2.39. The highest BCUT2D eigenvalue weighted by Crippen LogP contribution is 2.33. The Labute approximate surface area is 177 Å². The molecule has 1 aliphatic heterocycles. The first-order valence-corrected chi connectivity index (χ1v) is 10.4. The van der Waals surface area contributed by atoms with E-state index in [-0.39, 0.29) is 24.1 Å². The van der Waals surface area contributed by atoms with Crippen LogP contribution in [0.25, 0.3) is 0 Å². The average molecular weight is 425 g/mol. The number of hydrazone groups is 1. The number of carbonyl (C=O) groups excluding carboxylic acids is 2. The normalized spacial score (nSPS) is 15.9. The molecule has 0 aliphatic carbocycles. The number of aryl methyl sites for hydroxylation is 1. The average Bonchev–Trinajstić information content (AvgIpc) is 3.47. The number of hydrogen-bond acceptors (Lipinski definition) is 4. The Bertz CT molecular complexity index is 1110. The molecular formula is C22H21FN4O2S. The van der Waals surface area contributed by atoms with E-state index < -0.39 is 11.7 Å². The second-order valence-electron chi connectivity index (χ2n) is 7.20. The van der Waals surface area contributed by atoms with E-state index in [2.05, 4.69) is 5.10 Å². The Hall–Kier alpha value is -3.26. The molecule has 1 aliphatic rings. The number of aromatic nitrogens is 1. The monoisotopic (exact) mass is 424 g/mol. The third kappa shape index (κ3) is 3.91. The van der Waals surface area contributed by atoms with Gasteiger partial charge in [-0.25, -0.2) is 9.40 Å². The van der Waals surface area contributed by atoms with Gasteiger partial charge in [0.25, 0.3) is 11.8 Å². The molecule has 3 heterocycles.